The summed E-state index contributed by atoms with van der Waals surface area (Å²) in [6.45, 7) is 8.82. The summed E-state index contributed by atoms with van der Waals surface area (Å²) in [7, 11) is 0. The molecule has 0 saturated heterocycles. The molecule has 1 heterocycles. The molecule has 0 saturated carbocycles. The monoisotopic (exact) mass is 258 g/mol. The van der Waals surface area contributed by atoms with Crippen LogP contribution in [0.25, 0.3) is 11.3 Å². The molecule has 2 aromatic rings. The lowest BCUT2D eigenvalue weighted by molar-refractivity contribution is 0.287. The molecule has 0 aliphatic rings. The van der Waals surface area contributed by atoms with E-state index >= 15 is 0 Å². The minimum Gasteiger partial charge on any atom is -0.396 e. The third-order valence-corrected chi connectivity index (χ3v) is 3.84. The summed E-state index contributed by atoms with van der Waals surface area (Å²) in [6, 6.07) is 2.23. The predicted molar refractivity (Wildman–Crippen MR) is 78.4 cm³/mol. The molecule has 0 spiro atoms. The maximum Gasteiger partial charge on any atom is 0.106 e. The molecule has 19 heavy (non-hydrogen) atoms. The number of aryl methyl sites for hydroxylation is 3. The van der Waals surface area contributed by atoms with Crippen molar-refractivity contribution >= 4 is 0 Å². The fourth-order valence-electron chi connectivity index (χ4n) is 2.48. The highest BCUT2D eigenvalue weighted by Gasteiger charge is 2.12. The molecule has 0 bridgehead atoms. The topological polar surface area (TPSA) is 48.9 Å². The molecule has 102 valence electrons. The van der Waals surface area contributed by atoms with Crippen molar-refractivity contribution in [3.63, 3.8) is 0 Å². The second-order valence-corrected chi connectivity index (χ2v) is 5.21. The number of hydrogen-bond donors (Lipinski definition) is 2. The zero-order valence-electron chi connectivity index (χ0n) is 12.2. The molecular formula is C16H22N2O. The summed E-state index contributed by atoms with van der Waals surface area (Å²) in [5.41, 5.74) is 7.57. The fraction of sp³-hybridized carbons (Fsp3) is 0.438. The largest absolute Gasteiger partial charge is 0.396 e. The van der Waals surface area contributed by atoms with Gasteiger partial charge in [0.25, 0.3) is 0 Å². The number of rotatable bonds is 4. The van der Waals surface area contributed by atoms with Gasteiger partial charge in [0.1, 0.15) is 5.82 Å². The van der Waals surface area contributed by atoms with Crippen LogP contribution >= 0.6 is 0 Å². The van der Waals surface area contributed by atoms with Crippen molar-refractivity contribution in [2.24, 2.45) is 0 Å². The molecule has 1 aromatic heterocycles. The molecule has 0 atom stereocenters. The third kappa shape index (κ3) is 2.71. The number of nitrogens with zero attached hydrogens (tertiary/aromatic N) is 1. The van der Waals surface area contributed by atoms with E-state index in [-0.39, 0.29) is 6.61 Å². The van der Waals surface area contributed by atoms with Crippen molar-refractivity contribution in [3.05, 3.63) is 40.3 Å². The third-order valence-electron chi connectivity index (χ3n) is 3.84. The number of H-pyrrole nitrogens is 1. The average Bonchev–Trinajstić information content (AvgIpc) is 2.83. The van der Waals surface area contributed by atoms with Crippen LogP contribution in [0.3, 0.4) is 0 Å². The Hall–Kier alpha value is -1.61. The predicted octanol–water partition coefficient (Wildman–Crippen LogP) is 3.24. The zero-order valence-corrected chi connectivity index (χ0v) is 12.2. The van der Waals surface area contributed by atoms with Gasteiger partial charge in [0.2, 0.25) is 0 Å². The summed E-state index contributed by atoms with van der Waals surface area (Å²) in [5.74, 6) is 0.946. The van der Waals surface area contributed by atoms with Gasteiger partial charge in [0, 0.05) is 18.6 Å². The average molecular weight is 258 g/mol. The van der Waals surface area contributed by atoms with Crippen molar-refractivity contribution in [1.82, 2.24) is 9.97 Å². The van der Waals surface area contributed by atoms with Gasteiger partial charge in [0.05, 0.1) is 11.9 Å². The van der Waals surface area contributed by atoms with Crippen molar-refractivity contribution in [1.29, 1.82) is 0 Å². The first-order chi connectivity index (χ1) is 9.04. The van der Waals surface area contributed by atoms with Gasteiger partial charge < -0.3 is 10.1 Å². The second-order valence-electron chi connectivity index (χ2n) is 5.21. The SMILES string of the molecule is Cc1cc(C)c(C)c(-c2cnc(CCCO)[nH]2)c1C. The fourth-order valence-corrected chi connectivity index (χ4v) is 2.48. The Kier molecular flexibility index (Phi) is 4.05. The number of nitrogens with one attached hydrogen (secondary N) is 1. The van der Waals surface area contributed by atoms with Crippen molar-refractivity contribution in [3.8, 4) is 11.3 Å². The van der Waals surface area contributed by atoms with Crippen LogP contribution in [0.15, 0.2) is 12.3 Å². The highest BCUT2D eigenvalue weighted by atomic mass is 16.2. The van der Waals surface area contributed by atoms with E-state index in [1.165, 1.54) is 27.8 Å². The number of aromatic nitrogens is 2. The van der Waals surface area contributed by atoms with Gasteiger partial charge in [-0.05, 0) is 56.4 Å². The molecule has 0 unspecified atom stereocenters. The summed E-state index contributed by atoms with van der Waals surface area (Å²) in [6.07, 6.45) is 3.44. The second kappa shape index (κ2) is 5.57. The standard InChI is InChI=1S/C16H22N2O/c1-10-8-11(2)13(4)16(12(10)3)14-9-17-15(18-14)6-5-7-19/h8-9,19H,5-7H2,1-4H3,(H,17,18). The van der Waals surface area contributed by atoms with E-state index in [1.807, 2.05) is 6.20 Å². The Morgan fingerprint density at radius 2 is 1.74 bits per heavy atom. The summed E-state index contributed by atoms with van der Waals surface area (Å²) in [4.78, 5) is 7.78. The molecule has 0 aliphatic heterocycles. The minimum atomic E-state index is 0.206. The molecule has 0 fully saturated rings. The number of benzene rings is 1. The van der Waals surface area contributed by atoms with E-state index in [0.717, 1.165) is 24.4 Å². The number of aromatic amines is 1. The van der Waals surface area contributed by atoms with Crippen molar-refractivity contribution in [2.45, 2.75) is 40.5 Å². The summed E-state index contributed by atoms with van der Waals surface area (Å²) < 4.78 is 0. The molecule has 3 nitrogen and oxygen atoms in total. The molecule has 3 heteroatoms. The highest BCUT2D eigenvalue weighted by Crippen LogP contribution is 2.30. The first-order valence-electron chi connectivity index (χ1n) is 6.77. The Labute approximate surface area is 114 Å². The van der Waals surface area contributed by atoms with Crippen LogP contribution in [0.4, 0.5) is 0 Å². The zero-order chi connectivity index (χ0) is 14.0. The lowest BCUT2D eigenvalue weighted by atomic mass is 9.93. The van der Waals surface area contributed by atoms with Gasteiger partial charge in [-0.1, -0.05) is 6.07 Å². The Morgan fingerprint density at radius 1 is 1.11 bits per heavy atom. The highest BCUT2D eigenvalue weighted by molar-refractivity contribution is 5.70. The van der Waals surface area contributed by atoms with Crippen molar-refractivity contribution < 1.29 is 5.11 Å². The number of imidazole rings is 1. The number of hydrogen-bond acceptors (Lipinski definition) is 2. The molecule has 0 radical (unpaired) electrons. The quantitative estimate of drug-likeness (QED) is 0.884. The van der Waals surface area contributed by atoms with E-state index in [4.69, 9.17) is 5.11 Å². The summed E-state index contributed by atoms with van der Waals surface area (Å²) >= 11 is 0. The van der Waals surface area contributed by atoms with Gasteiger partial charge in [-0.2, -0.15) is 0 Å². The molecule has 0 aliphatic carbocycles. The van der Waals surface area contributed by atoms with Gasteiger partial charge in [-0.25, -0.2) is 4.98 Å². The van der Waals surface area contributed by atoms with Crippen LogP contribution in [-0.2, 0) is 6.42 Å². The first-order valence-corrected chi connectivity index (χ1v) is 6.77. The van der Waals surface area contributed by atoms with Gasteiger partial charge in [-0.3, -0.25) is 0 Å². The minimum absolute atomic E-state index is 0.206. The Bertz CT molecular complexity index is 558. The van der Waals surface area contributed by atoms with Crippen LogP contribution in [0.5, 0.6) is 0 Å². The maximum absolute atomic E-state index is 8.87. The summed E-state index contributed by atoms with van der Waals surface area (Å²) in [5, 5.41) is 8.87. The van der Waals surface area contributed by atoms with Gasteiger partial charge in [0.15, 0.2) is 0 Å². The van der Waals surface area contributed by atoms with E-state index < -0.39 is 0 Å². The van der Waals surface area contributed by atoms with Gasteiger partial charge >= 0.3 is 0 Å². The van der Waals surface area contributed by atoms with Crippen LogP contribution in [0.1, 0.15) is 34.5 Å². The van der Waals surface area contributed by atoms with E-state index in [1.54, 1.807) is 0 Å². The normalized spacial score (nSPS) is 11.0. The number of aliphatic hydroxyl groups excluding tert-OH is 1. The van der Waals surface area contributed by atoms with Crippen LogP contribution in [0, 0.1) is 27.7 Å². The van der Waals surface area contributed by atoms with Crippen LogP contribution < -0.4 is 0 Å². The number of aliphatic hydroxyl groups is 1. The molecule has 0 amide bonds. The van der Waals surface area contributed by atoms with Crippen LogP contribution in [-0.4, -0.2) is 21.7 Å². The lowest BCUT2D eigenvalue weighted by Crippen LogP contribution is -1.96. The first kappa shape index (κ1) is 13.8. The molecule has 1 aromatic carbocycles. The molecule has 2 N–H and O–H groups in total. The van der Waals surface area contributed by atoms with Crippen LogP contribution in [0.2, 0.25) is 0 Å². The molecular weight excluding hydrogens is 236 g/mol. The van der Waals surface area contributed by atoms with Gasteiger partial charge in [-0.15, -0.1) is 0 Å². The van der Waals surface area contributed by atoms with Crippen molar-refractivity contribution in [2.75, 3.05) is 6.61 Å². The Morgan fingerprint density at radius 3 is 2.32 bits per heavy atom. The van der Waals surface area contributed by atoms with E-state index in [2.05, 4.69) is 43.7 Å². The van der Waals surface area contributed by atoms with E-state index in [9.17, 15) is 0 Å². The lowest BCUT2D eigenvalue weighted by Gasteiger charge is -2.13. The maximum atomic E-state index is 8.87. The Balaban J connectivity index is 2.44. The molecule has 2 rings (SSSR count). The smallest absolute Gasteiger partial charge is 0.106 e. The van der Waals surface area contributed by atoms with E-state index in [0.29, 0.717) is 0 Å².